The molecule has 0 aliphatic heterocycles. The molecule has 0 fully saturated rings. The van der Waals surface area contributed by atoms with Crippen LogP contribution in [0.4, 0.5) is 0 Å². The fourth-order valence-electron chi connectivity index (χ4n) is 0. The van der Waals surface area contributed by atoms with Crippen molar-refractivity contribution >= 4 is 81.2 Å². The number of rotatable bonds is 0. The largest absolute Gasteiger partial charge is 0.400 e. The second kappa shape index (κ2) is 12.0. The predicted molar refractivity (Wildman–Crippen MR) is 55.6 cm³/mol. The van der Waals surface area contributed by atoms with Crippen LogP contribution in [0.5, 0.6) is 0 Å². The molecule has 0 rings (SSSR count). The van der Waals surface area contributed by atoms with Crippen LogP contribution in [0.3, 0.4) is 0 Å². The first-order valence-electron chi connectivity index (χ1n) is 1.86. The van der Waals surface area contributed by atoms with Gasteiger partial charge in [0.1, 0.15) is 0 Å². The summed E-state index contributed by atoms with van der Waals surface area (Å²) in [4.78, 5) is 0. The molecule has 0 radical (unpaired) electrons. The minimum absolute atomic E-state index is 0.750. The maximum atomic E-state index is 7.00. The SMILES string of the molecule is CO.ClC(Cl)(Cl)Cl.ClC(Cl)Cl. The van der Waals surface area contributed by atoms with Crippen molar-refractivity contribution in [2.75, 3.05) is 7.11 Å². The predicted octanol–water partition coefficient (Wildman–Crippen LogP) is 4.15. The Morgan fingerprint density at radius 1 is 0.909 bits per heavy atom. The van der Waals surface area contributed by atoms with Crippen LogP contribution in [0, 0.1) is 0 Å². The summed E-state index contributed by atoms with van der Waals surface area (Å²) in [6, 6.07) is 0. The van der Waals surface area contributed by atoms with Gasteiger partial charge in [-0.05, 0) is 0 Å². The van der Waals surface area contributed by atoms with Crippen LogP contribution in [-0.4, -0.2) is 19.8 Å². The minimum atomic E-state index is -1.61. The molecule has 0 amide bonds. The summed E-state index contributed by atoms with van der Waals surface area (Å²) in [5.41, 5.74) is 0. The molecule has 0 heterocycles. The van der Waals surface area contributed by atoms with Crippen molar-refractivity contribution in [3.8, 4) is 0 Å². The van der Waals surface area contributed by atoms with Crippen LogP contribution in [0.2, 0.25) is 0 Å². The Bertz CT molecular complexity index is 50.4. The van der Waals surface area contributed by atoms with Crippen LogP contribution in [0.1, 0.15) is 0 Å². The van der Waals surface area contributed by atoms with Gasteiger partial charge in [-0.1, -0.05) is 81.2 Å². The molecule has 0 aromatic rings. The molecule has 0 bridgehead atoms. The van der Waals surface area contributed by atoms with E-state index in [2.05, 4.69) is 0 Å². The van der Waals surface area contributed by atoms with Gasteiger partial charge in [0, 0.05) is 7.11 Å². The Kier molecular flexibility index (Phi) is 20.4. The lowest BCUT2D eigenvalue weighted by Gasteiger charge is -1.91. The van der Waals surface area contributed by atoms with Crippen LogP contribution in [0.15, 0.2) is 0 Å². The maximum absolute atomic E-state index is 7.00. The highest BCUT2D eigenvalue weighted by Gasteiger charge is 2.11. The van der Waals surface area contributed by atoms with Crippen LogP contribution < -0.4 is 0 Å². The number of halogens is 7. The molecule has 72 valence electrons. The molecule has 0 unspecified atom stereocenters. The van der Waals surface area contributed by atoms with Crippen molar-refractivity contribution in [1.29, 1.82) is 0 Å². The molecule has 11 heavy (non-hydrogen) atoms. The Hall–Kier alpha value is 1.99. The molecule has 0 aromatic carbocycles. The fourth-order valence-corrected chi connectivity index (χ4v) is 0. The van der Waals surface area contributed by atoms with Crippen molar-refractivity contribution in [2.24, 2.45) is 0 Å². The molecule has 0 aliphatic rings. The topological polar surface area (TPSA) is 20.2 Å². The number of aliphatic hydroxyl groups excluding tert-OH is 1. The lowest BCUT2D eigenvalue weighted by atomic mass is 11.8. The second-order valence-corrected chi connectivity index (χ2v) is 6.08. The van der Waals surface area contributed by atoms with Crippen molar-refractivity contribution in [1.82, 2.24) is 0 Å². The first kappa shape index (κ1) is 18.7. The van der Waals surface area contributed by atoms with E-state index >= 15 is 0 Å². The maximum Gasteiger partial charge on any atom is 0.266 e. The highest BCUT2D eigenvalue weighted by molar-refractivity contribution is 6.83. The first-order valence-corrected chi connectivity index (χ1v) is 4.68. The first-order chi connectivity index (χ1) is 4.73. The average Bonchev–Trinajstić information content (AvgIpc) is 1.63. The second-order valence-electron chi connectivity index (χ2n) is 0.676. The van der Waals surface area contributed by atoms with Crippen molar-refractivity contribution in [3.05, 3.63) is 0 Å². The Morgan fingerprint density at radius 2 is 0.909 bits per heavy atom. The zero-order valence-electron chi connectivity index (χ0n) is 5.17. The van der Waals surface area contributed by atoms with Crippen LogP contribution in [-0.2, 0) is 0 Å². The summed E-state index contributed by atoms with van der Waals surface area (Å²) in [5, 5.41) is 7.00. The van der Waals surface area contributed by atoms with E-state index in [4.69, 9.17) is 86.3 Å². The molecule has 0 saturated carbocycles. The van der Waals surface area contributed by atoms with Gasteiger partial charge < -0.3 is 5.11 Å². The van der Waals surface area contributed by atoms with Crippen molar-refractivity contribution in [3.63, 3.8) is 0 Å². The van der Waals surface area contributed by atoms with Gasteiger partial charge in [0.05, 0.1) is 0 Å². The third-order valence-corrected chi connectivity index (χ3v) is 0. The molecule has 0 aromatic heterocycles. The van der Waals surface area contributed by atoms with Gasteiger partial charge in [0.25, 0.3) is 3.25 Å². The van der Waals surface area contributed by atoms with Crippen molar-refractivity contribution in [2.45, 2.75) is 7.55 Å². The van der Waals surface area contributed by atoms with E-state index in [0.29, 0.717) is 0 Å². The molecule has 0 aliphatic carbocycles. The number of aliphatic hydroxyl groups is 1. The van der Waals surface area contributed by atoms with E-state index in [1.54, 1.807) is 0 Å². The summed E-state index contributed by atoms with van der Waals surface area (Å²) >= 11 is 33.7. The molecular weight excluding hydrogens is 300 g/mol. The van der Waals surface area contributed by atoms with Gasteiger partial charge >= 0.3 is 0 Å². The summed E-state index contributed by atoms with van der Waals surface area (Å²) in [6.07, 6.45) is 0. The standard InChI is InChI=1S/CCl4.CHCl3.CH4O/c2-1(3,4)5;2-1(3)4;1-2/h;1H;2H,1H3. The van der Waals surface area contributed by atoms with Gasteiger partial charge in [-0.25, -0.2) is 0 Å². The van der Waals surface area contributed by atoms with Gasteiger partial charge in [-0.2, -0.15) is 0 Å². The molecule has 1 nitrogen and oxygen atoms in total. The van der Waals surface area contributed by atoms with E-state index in [1.807, 2.05) is 0 Å². The third kappa shape index (κ3) is 302. The number of hydrogen-bond donors (Lipinski definition) is 1. The highest BCUT2D eigenvalue weighted by atomic mass is 35.6. The smallest absolute Gasteiger partial charge is 0.266 e. The summed E-state index contributed by atoms with van der Waals surface area (Å²) < 4.78 is -2.36. The third-order valence-electron chi connectivity index (χ3n) is 0. The average molecular weight is 305 g/mol. The van der Waals surface area contributed by atoms with Crippen LogP contribution >= 0.6 is 81.2 Å². The Balaban J connectivity index is -0.0000000965. The normalized spacial score (nSPS) is 9.27. The Morgan fingerprint density at radius 3 is 0.909 bits per heavy atom. The van der Waals surface area contributed by atoms with Gasteiger partial charge in [0.2, 0.25) is 0 Å². The molecule has 1 N–H and O–H groups in total. The number of hydrogen-bond acceptors (Lipinski definition) is 1. The number of alkyl halides is 7. The molecule has 0 saturated heterocycles. The van der Waals surface area contributed by atoms with E-state index < -0.39 is 7.55 Å². The summed E-state index contributed by atoms with van der Waals surface area (Å²) in [7, 11) is 1.00. The van der Waals surface area contributed by atoms with Gasteiger partial charge in [0.15, 0.2) is 4.30 Å². The van der Waals surface area contributed by atoms with Gasteiger partial charge in [-0.15, -0.1) is 0 Å². The van der Waals surface area contributed by atoms with E-state index in [1.165, 1.54) is 0 Å². The monoisotopic (exact) mass is 302 g/mol. The zero-order valence-corrected chi connectivity index (χ0v) is 10.5. The lowest BCUT2D eigenvalue weighted by Crippen LogP contribution is -1.81. The fraction of sp³-hybridized carbons (Fsp3) is 1.00. The van der Waals surface area contributed by atoms with E-state index in [-0.39, 0.29) is 0 Å². The molecule has 0 atom stereocenters. The molecular formula is C3H5Cl7O. The summed E-state index contributed by atoms with van der Waals surface area (Å²) in [6.45, 7) is 0. The minimum Gasteiger partial charge on any atom is -0.400 e. The lowest BCUT2D eigenvalue weighted by molar-refractivity contribution is 0.399. The summed E-state index contributed by atoms with van der Waals surface area (Å²) in [5.74, 6) is 0. The highest BCUT2D eigenvalue weighted by Crippen LogP contribution is 2.29. The Labute approximate surface area is 100 Å². The zero-order chi connectivity index (χ0) is 10.1. The molecule has 0 spiro atoms. The quantitative estimate of drug-likeness (QED) is 0.667. The van der Waals surface area contributed by atoms with Crippen molar-refractivity contribution < 1.29 is 5.11 Å². The van der Waals surface area contributed by atoms with Gasteiger partial charge in [-0.3, -0.25) is 0 Å². The van der Waals surface area contributed by atoms with E-state index in [9.17, 15) is 0 Å². The molecule has 8 heteroatoms. The van der Waals surface area contributed by atoms with Crippen LogP contribution in [0.25, 0.3) is 0 Å². The van der Waals surface area contributed by atoms with E-state index in [0.717, 1.165) is 7.11 Å².